The lowest BCUT2D eigenvalue weighted by molar-refractivity contribution is 0.153. The Hall–Kier alpha value is -1.72. The first-order valence-corrected chi connectivity index (χ1v) is 7.10. The van der Waals surface area contributed by atoms with Crippen LogP contribution in [0.25, 0.3) is 11.5 Å². The van der Waals surface area contributed by atoms with Crippen LogP contribution in [0.5, 0.6) is 0 Å². The van der Waals surface area contributed by atoms with E-state index in [2.05, 4.69) is 27.0 Å². The molecule has 1 fully saturated rings. The summed E-state index contributed by atoms with van der Waals surface area (Å²) in [5.74, 6) is 1.33. The fourth-order valence-electron chi connectivity index (χ4n) is 2.38. The molecule has 1 aromatic heterocycles. The molecule has 0 saturated carbocycles. The summed E-state index contributed by atoms with van der Waals surface area (Å²) < 4.78 is 5.72. The van der Waals surface area contributed by atoms with Crippen molar-refractivity contribution in [2.45, 2.75) is 6.42 Å². The van der Waals surface area contributed by atoms with Crippen molar-refractivity contribution >= 4 is 0 Å². The first-order chi connectivity index (χ1) is 9.81. The Morgan fingerprint density at radius 3 is 2.55 bits per heavy atom. The summed E-state index contributed by atoms with van der Waals surface area (Å²) in [6.45, 7) is 5.51. The van der Waals surface area contributed by atoms with E-state index in [1.807, 2.05) is 30.3 Å². The molecule has 2 heterocycles. The molecule has 0 aliphatic carbocycles. The van der Waals surface area contributed by atoms with Crippen molar-refractivity contribution in [1.82, 2.24) is 20.0 Å². The fourth-order valence-corrected chi connectivity index (χ4v) is 2.38. The smallest absolute Gasteiger partial charge is 0.247 e. The Morgan fingerprint density at radius 1 is 1.05 bits per heavy atom. The minimum absolute atomic E-state index is 0.610. The average molecular weight is 272 g/mol. The lowest BCUT2D eigenvalue weighted by Gasteiger charge is -2.31. The predicted octanol–water partition coefficient (Wildman–Crippen LogP) is 1.53. The van der Waals surface area contributed by atoms with Crippen molar-refractivity contribution in [2.24, 2.45) is 0 Å². The van der Waals surface area contributed by atoms with Gasteiger partial charge in [-0.25, -0.2) is 0 Å². The van der Waals surface area contributed by atoms with E-state index in [4.69, 9.17) is 4.42 Å². The second kappa shape index (κ2) is 6.15. The van der Waals surface area contributed by atoms with E-state index in [-0.39, 0.29) is 0 Å². The quantitative estimate of drug-likeness (QED) is 0.844. The van der Waals surface area contributed by atoms with Gasteiger partial charge in [-0.05, 0) is 19.2 Å². The van der Waals surface area contributed by atoms with Gasteiger partial charge in [0.15, 0.2) is 0 Å². The van der Waals surface area contributed by atoms with Crippen LogP contribution in [0.3, 0.4) is 0 Å². The molecule has 1 saturated heterocycles. The number of aromatic nitrogens is 2. The van der Waals surface area contributed by atoms with Crippen molar-refractivity contribution < 1.29 is 4.42 Å². The van der Waals surface area contributed by atoms with Gasteiger partial charge in [0.25, 0.3) is 0 Å². The second-order valence-electron chi connectivity index (χ2n) is 5.26. The first kappa shape index (κ1) is 13.3. The highest BCUT2D eigenvalue weighted by Crippen LogP contribution is 2.17. The van der Waals surface area contributed by atoms with E-state index < -0.39 is 0 Å². The number of nitrogens with zero attached hydrogens (tertiary/aromatic N) is 4. The zero-order valence-electron chi connectivity index (χ0n) is 11.8. The van der Waals surface area contributed by atoms with Gasteiger partial charge >= 0.3 is 0 Å². The van der Waals surface area contributed by atoms with E-state index in [1.54, 1.807) is 0 Å². The number of rotatable bonds is 4. The van der Waals surface area contributed by atoms with Crippen LogP contribution in [0.15, 0.2) is 34.7 Å². The molecule has 5 heteroatoms. The van der Waals surface area contributed by atoms with Gasteiger partial charge in [0.2, 0.25) is 11.8 Å². The number of hydrogen-bond acceptors (Lipinski definition) is 5. The van der Waals surface area contributed by atoms with E-state index in [0.717, 1.165) is 50.6 Å². The lowest BCUT2D eigenvalue weighted by Crippen LogP contribution is -2.45. The van der Waals surface area contributed by atoms with Crippen molar-refractivity contribution in [1.29, 1.82) is 0 Å². The molecule has 0 amide bonds. The molecule has 0 N–H and O–H groups in total. The van der Waals surface area contributed by atoms with Crippen LogP contribution in [0, 0.1) is 0 Å². The van der Waals surface area contributed by atoms with Crippen molar-refractivity contribution in [3.05, 3.63) is 36.2 Å². The molecular formula is C15H20N4O. The summed E-state index contributed by atoms with van der Waals surface area (Å²) >= 11 is 0. The minimum atomic E-state index is 0.610. The van der Waals surface area contributed by atoms with Gasteiger partial charge in [0.1, 0.15) is 0 Å². The summed E-state index contributed by atoms with van der Waals surface area (Å²) in [4.78, 5) is 4.81. The van der Waals surface area contributed by atoms with Crippen LogP contribution in [0.4, 0.5) is 0 Å². The molecule has 1 aliphatic heterocycles. The molecule has 1 aromatic carbocycles. The average Bonchev–Trinajstić information content (AvgIpc) is 2.97. The van der Waals surface area contributed by atoms with E-state index >= 15 is 0 Å². The maximum absolute atomic E-state index is 5.72. The maximum Gasteiger partial charge on any atom is 0.247 e. The molecular weight excluding hydrogens is 252 g/mol. The fraction of sp³-hybridized carbons (Fsp3) is 0.467. The number of piperazine rings is 1. The number of hydrogen-bond donors (Lipinski definition) is 0. The normalized spacial score (nSPS) is 17.4. The van der Waals surface area contributed by atoms with Crippen molar-refractivity contribution in [3.8, 4) is 11.5 Å². The summed E-state index contributed by atoms with van der Waals surface area (Å²) in [6, 6.07) is 9.90. The van der Waals surface area contributed by atoms with Gasteiger partial charge in [0.05, 0.1) is 0 Å². The third-order valence-electron chi connectivity index (χ3n) is 3.73. The molecule has 1 aliphatic rings. The minimum Gasteiger partial charge on any atom is -0.421 e. The molecule has 0 bridgehead atoms. The zero-order valence-corrected chi connectivity index (χ0v) is 11.8. The molecule has 0 unspecified atom stereocenters. The summed E-state index contributed by atoms with van der Waals surface area (Å²) in [5, 5.41) is 8.26. The molecule has 2 aromatic rings. The first-order valence-electron chi connectivity index (χ1n) is 7.10. The van der Waals surface area contributed by atoms with E-state index in [9.17, 15) is 0 Å². The van der Waals surface area contributed by atoms with E-state index in [1.165, 1.54) is 0 Å². The van der Waals surface area contributed by atoms with Crippen LogP contribution >= 0.6 is 0 Å². The molecule has 5 nitrogen and oxygen atoms in total. The largest absolute Gasteiger partial charge is 0.421 e. The molecule has 3 rings (SSSR count). The molecule has 106 valence electrons. The van der Waals surface area contributed by atoms with Crippen molar-refractivity contribution in [3.63, 3.8) is 0 Å². The molecule has 0 spiro atoms. The molecule has 0 radical (unpaired) electrons. The Bertz CT molecular complexity index is 532. The third kappa shape index (κ3) is 3.23. The van der Waals surface area contributed by atoms with Crippen molar-refractivity contribution in [2.75, 3.05) is 39.8 Å². The zero-order chi connectivity index (χ0) is 13.8. The van der Waals surface area contributed by atoms with Crippen LogP contribution < -0.4 is 0 Å². The van der Waals surface area contributed by atoms with Crippen LogP contribution in [0.2, 0.25) is 0 Å². The highest BCUT2D eigenvalue weighted by molar-refractivity contribution is 5.51. The SMILES string of the molecule is CN1CCN(CCc2nnc(-c3ccccc3)o2)CC1. The monoisotopic (exact) mass is 272 g/mol. The Morgan fingerprint density at radius 2 is 1.80 bits per heavy atom. The van der Waals surface area contributed by atoms with Crippen LogP contribution in [0.1, 0.15) is 5.89 Å². The number of benzene rings is 1. The predicted molar refractivity (Wildman–Crippen MR) is 77.4 cm³/mol. The van der Waals surface area contributed by atoms with Gasteiger partial charge in [0, 0.05) is 44.7 Å². The molecule has 0 atom stereocenters. The lowest BCUT2D eigenvalue weighted by atomic mass is 10.2. The standard InChI is InChI=1S/C15H20N4O/c1-18-9-11-19(12-10-18)8-7-14-16-17-15(20-14)13-5-3-2-4-6-13/h2-6H,7-12H2,1H3. The summed E-state index contributed by atoms with van der Waals surface area (Å²) in [7, 11) is 2.17. The Balaban J connectivity index is 1.55. The third-order valence-corrected chi connectivity index (χ3v) is 3.73. The van der Waals surface area contributed by atoms with Crippen LogP contribution in [-0.2, 0) is 6.42 Å². The second-order valence-corrected chi connectivity index (χ2v) is 5.26. The molecule has 20 heavy (non-hydrogen) atoms. The van der Waals surface area contributed by atoms with Gasteiger partial charge in [-0.15, -0.1) is 10.2 Å². The Kier molecular flexibility index (Phi) is 4.08. The van der Waals surface area contributed by atoms with Gasteiger partial charge in [-0.1, -0.05) is 18.2 Å². The highest BCUT2D eigenvalue weighted by Gasteiger charge is 2.15. The maximum atomic E-state index is 5.72. The van der Waals surface area contributed by atoms with Gasteiger partial charge in [-0.2, -0.15) is 0 Å². The van der Waals surface area contributed by atoms with Gasteiger partial charge in [-0.3, -0.25) is 0 Å². The number of likely N-dealkylation sites (N-methyl/N-ethyl adjacent to an activating group) is 1. The van der Waals surface area contributed by atoms with Gasteiger partial charge < -0.3 is 14.2 Å². The topological polar surface area (TPSA) is 45.4 Å². The van der Waals surface area contributed by atoms with Crippen LogP contribution in [-0.4, -0.2) is 59.8 Å². The van der Waals surface area contributed by atoms with E-state index in [0.29, 0.717) is 5.89 Å². The highest BCUT2D eigenvalue weighted by atomic mass is 16.4. The summed E-state index contributed by atoms with van der Waals surface area (Å²) in [6.07, 6.45) is 0.823. The summed E-state index contributed by atoms with van der Waals surface area (Å²) in [5.41, 5.74) is 0.978. The Labute approximate surface area is 119 Å².